The molecule has 0 unspecified atom stereocenters. The van der Waals surface area contributed by atoms with Crippen LogP contribution in [0.4, 0.5) is 4.39 Å². The van der Waals surface area contributed by atoms with Gasteiger partial charge in [0.15, 0.2) is 0 Å². The SMILES string of the molecule is C[C@@H](NCCc1nc(-c2ccccn2)cs1)c1cncc(F)c1. The summed E-state index contributed by atoms with van der Waals surface area (Å²) in [6, 6.07) is 7.36. The fourth-order valence-electron chi connectivity index (χ4n) is 2.24. The molecular formula is C17H17FN4S. The smallest absolute Gasteiger partial charge is 0.141 e. The number of hydrogen-bond donors (Lipinski definition) is 1. The van der Waals surface area contributed by atoms with Gasteiger partial charge in [-0.05, 0) is 30.7 Å². The number of nitrogens with zero attached hydrogens (tertiary/aromatic N) is 3. The molecular weight excluding hydrogens is 311 g/mol. The van der Waals surface area contributed by atoms with Crippen LogP contribution in [0.25, 0.3) is 11.4 Å². The predicted octanol–water partition coefficient (Wildman–Crippen LogP) is 3.63. The van der Waals surface area contributed by atoms with Gasteiger partial charge in [-0.1, -0.05) is 6.07 Å². The molecule has 23 heavy (non-hydrogen) atoms. The van der Waals surface area contributed by atoms with Crippen LogP contribution in [0.2, 0.25) is 0 Å². The van der Waals surface area contributed by atoms with Crippen molar-refractivity contribution in [3.8, 4) is 11.4 Å². The van der Waals surface area contributed by atoms with Crippen molar-refractivity contribution in [3.05, 3.63) is 64.6 Å². The summed E-state index contributed by atoms with van der Waals surface area (Å²) in [4.78, 5) is 12.8. The number of aromatic nitrogens is 3. The van der Waals surface area contributed by atoms with Gasteiger partial charge in [0.1, 0.15) is 5.82 Å². The molecule has 3 aromatic heterocycles. The lowest BCUT2D eigenvalue weighted by Gasteiger charge is -2.13. The highest BCUT2D eigenvalue weighted by Gasteiger charge is 2.08. The Morgan fingerprint density at radius 3 is 2.96 bits per heavy atom. The van der Waals surface area contributed by atoms with Crippen molar-refractivity contribution in [2.75, 3.05) is 6.54 Å². The van der Waals surface area contributed by atoms with E-state index in [1.54, 1.807) is 23.7 Å². The van der Waals surface area contributed by atoms with E-state index in [0.717, 1.165) is 34.9 Å². The van der Waals surface area contributed by atoms with E-state index < -0.39 is 0 Å². The van der Waals surface area contributed by atoms with Crippen molar-refractivity contribution in [2.45, 2.75) is 19.4 Å². The standard InChI is InChI=1S/C17H17FN4S/c1-12(13-8-14(18)10-19-9-13)20-7-5-17-22-16(11-23-17)15-4-2-3-6-21-15/h2-4,6,8-12,20H,5,7H2,1H3/t12-/m1/s1. The van der Waals surface area contributed by atoms with E-state index in [1.807, 2.05) is 30.5 Å². The average Bonchev–Trinajstić information content (AvgIpc) is 3.04. The van der Waals surface area contributed by atoms with Crippen LogP contribution in [0.3, 0.4) is 0 Å². The van der Waals surface area contributed by atoms with Crippen molar-refractivity contribution < 1.29 is 4.39 Å². The minimum absolute atomic E-state index is 0.0495. The minimum Gasteiger partial charge on any atom is -0.310 e. The van der Waals surface area contributed by atoms with Crippen LogP contribution in [0.5, 0.6) is 0 Å². The third-order valence-corrected chi connectivity index (χ3v) is 4.40. The molecule has 0 radical (unpaired) electrons. The molecule has 0 aliphatic rings. The van der Waals surface area contributed by atoms with Gasteiger partial charge in [0, 0.05) is 36.8 Å². The van der Waals surface area contributed by atoms with E-state index in [2.05, 4.69) is 20.3 Å². The van der Waals surface area contributed by atoms with Crippen LogP contribution in [0, 0.1) is 5.82 Å². The molecule has 1 atom stereocenters. The summed E-state index contributed by atoms with van der Waals surface area (Å²) >= 11 is 1.63. The summed E-state index contributed by atoms with van der Waals surface area (Å²) in [7, 11) is 0. The topological polar surface area (TPSA) is 50.7 Å². The Bertz CT molecular complexity index is 760. The Balaban J connectivity index is 1.54. The zero-order valence-corrected chi connectivity index (χ0v) is 13.6. The summed E-state index contributed by atoms with van der Waals surface area (Å²) in [5.41, 5.74) is 2.65. The van der Waals surface area contributed by atoms with Gasteiger partial charge < -0.3 is 5.32 Å². The summed E-state index contributed by atoms with van der Waals surface area (Å²) in [6.45, 7) is 2.77. The van der Waals surface area contributed by atoms with Crippen molar-refractivity contribution in [3.63, 3.8) is 0 Å². The second-order valence-corrected chi connectivity index (χ2v) is 6.15. The molecule has 3 heterocycles. The summed E-state index contributed by atoms with van der Waals surface area (Å²) in [5, 5.41) is 6.45. The van der Waals surface area contributed by atoms with E-state index >= 15 is 0 Å². The van der Waals surface area contributed by atoms with Gasteiger partial charge >= 0.3 is 0 Å². The Labute approximate surface area is 138 Å². The second-order valence-electron chi connectivity index (χ2n) is 5.20. The van der Waals surface area contributed by atoms with E-state index in [-0.39, 0.29) is 11.9 Å². The molecule has 0 aliphatic carbocycles. The Hall–Kier alpha value is -2.18. The molecule has 0 spiro atoms. The monoisotopic (exact) mass is 328 g/mol. The molecule has 6 heteroatoms. The van der Waals surface area contributed by atoms with Crippen LogP contribution in [-0.2, 0) is 6.42 Å². The van der Waals surface area contributed by atoms with E-state index in [9.17, 15) is 4.39 Å². The van der Waals surface area contributed by atoms with Crippen LogP contribution >= 0.6 is 11.3 Å². The molecule has 4 nitrogen and oxygen atoms in total. The lowest BCUT2D eigenvalue weighted by Crippen LogP contribution is -2.21. The Morgan fingerprint density at radius 2 is 2.17 bits per heavy atom. The maximum absolute atomic E-state index is 13.2. The summed E-state index contributed by atoms with van der Waals surface area (Å²) < 4.78 is 13.2. The van der Waals surface area contributed by atoms with Gasteiger partial charge in [-0.25, -0.2) is 9.37 Å². The molecule has 118 valence electrons. The van der Waals surface area contributed by atoms with Crippen LogP contribution < -0.4 is 5.32 Å². The van der Waals surface area contributed by atoms with Crippen LogP contribution in [-0.4, -0.2) is 21.5 Å². The fourth-order valence-corrected chi connectivity index (χ4v) is 3.03. The highest BCUT2D eigenvalue weighted by molar-refractivity contribution is 7.09. The molecule has 0 aliphatic heterocycles. The molecule has 0 bridgehead atoms. The molecule has 3 rings (SSSR count). The van der Waals surface area contributed by atoms with Gasteiger partial charge in [-0.3, -0.25) is 9.97 Å². The van der Waals surface area contributed by atoms with Crippen molar-refractivity contribution in [1.82, 2.24) is 20.3 Å². The predicted molar refractivity (Wildman–Crippen MR) is 89.7 cm³/mol. The number of hydrogen-bond acceptors (Lipinski definition) is 5. The molecule has 0 fully saturated rings. The molecule has 0 saturated heterocycles. The van der Waals surface area contributed by atoms with Crippen molar-refractivity contribution in [2.24, 2.45) is 0 Å². The molecule has 3 aromatic rings. The first kappa shape index (κ1) is 15.7. The van der Waals surface area contributed by atoms with Gasteiger partial charge in [0.25, 0.3) is 0 Å². The van der Waals surface area contributed by atoms with Crippen LogP contribution in [0.15, 0.2) is 48.2 Å². The lowest BCUT2D eigenvalue weighted by molar-refractivity contribution is 0.562. The Morgan fingerprint density at radius 1 is 1.26 bits per heavy atom. The molecule has 1 N–H and O–H groups in total. The summed E-state index contributed by atoms with van der Waals surface area (Å²) in [6.07, 6.45) is 5.49. The first-order valence-corrected chi connectivity index (χ1v) is 8.30. The highest BCUT2D eigenvalue weighted by Crippen LogP contribution is 2.20. The minimum atomic E-state index is -0.309. The first-order chi connectivity index (χ1) is 11.2. The number of rotatable bonds is 6. The lowest BCUT2D eigenvalue weighted by atomic mass is 10.1. The van der Waals surface area contributed by atoms with E-state index in [0.29, 0.717) is 0 Å². The highest BCUT2D eigenvalue weighted by atomic mass is 32.1. The van der Waals surface area contributed by atoms with Crippen molar-refractivity contribution in [1.29, 1.82) is 0 Å². The number of halogens is 1. The maximum atomic E-state index is 13.2. The quantitative estimate of drug-likeness (QED) is 0.751. The van der Waals surface area contributed by atoms with Gasteiger partial charge in [0.2, 0.25) is 0 Å². The number of pyridine rings is 2. The van der Waals surface area contributed by atoms with Crippen molar-refractivity contribution >= 4 is 11.3 Å². The maximum Gasteiger partial charge on any atom is 0.141 e. The number of thiazole rings is 1. The molecule has 0 amide bonds. The first-order valence-electron chi connectivity index (χ1n) is 7.42. The third-order valence-electron chi connectivity index (χ3n) is 3.49. The average molecular weight is 328 g/mol. The molecule has 0 saturated carbocycles. The number of nitrogens with one attached hydrogen (secondary N) is 1. The largest absolute Gasteiger partial charge is 0.310 e. The van der Waals surface area contributed by atoms with Gasteiger partial charge in [-0.2, -0.15) is 0 Å². The van der Waals surface area contributed by atoms with Gasteiger partial charge in [-0.15, -0.1) is 11.3 Å². The van der Waals surface area contributed by atoms with E-state index in [4.69, 9.17) is 0 Å². The zero-order chi connectivity index (χ0) is 16.1. The normalized spacial score (nSPS) is 12.3. The molecule has 0 aromatic carbocycles. The third kappa shape index (κ3) is 4.18. The van der Waals surface area contributed by atoms with E-state index in [1.165, 1.54) is 12.3 Å². The fraction of sp³-hybridized carbons (Fsp3) is 0.235. The van der Waals surface area contributed by atoms with Gasteiger partial charge in [0.05, 0.1) is 22.6 Å². The second kappa shape index (κ2) is 7.39. The zero-order valence-electron chi connectivity index (χ0n) is 12.7. The Kier molecular flexibility index (Phi) is 5.05. The van der Waals surface area contributed by atoms with Crippen LogP contribution in [0.1, 0.15) is 23.5 Å². The summed E-state index contributed by atoms with van der Waals surface area (Å²) in [5.74, 6) is -0.309.